The molecule has 2 aliphatic heterocycles. The molecule has 0 bridgehead atoms. The highest BCUT2D eigenvalue weighted by Gasteiger charge is 2.45. The SMILES string of the molecule is O=C(CC(O)c1cccc(F)c1)N1CC2(CCOCC2)c2ccccc21. The summed E-state index contributed by atoms with van der Waals surface area (Å²) >= 11 is 0. The maximum Gasteiger partial charge on any atom is 0.229 e. The van der Waals surface area contributed by atoms with Crippen molar-refractivity contribution in [2.24, 2.45) is 0 Å². The molecule has 2 heterocycles. The Bertz CT molecular complexity index is 816. The number of halogens is 1. The Hall–Kier alpha value is -2.24. The first-order valence-electron chi connectivity index (χ1n) is 9.00. The lowest BCUT2D eigenvalue weighted by atomic mass is 9.76. The van der Waals surface area contributed by atoms with Crippen molar-refractivity contribution in [2.75, 3.05) is 24.7 Å². The van der Waals surface area contributed by atoms with E-state index in [1.807, 2.05) is 18.2 Å². The van der Waals surface area contributed by atoms with Crippen molar-refractivity contribution in [3.63, 3.8) is 0 Å². The summed E-state index contributed by atoms with van der Waals surface area (Å²) in [5, 5.41) is 10.4. The lowest BCUT2D eigenvalue weighted by Gasteiger charge is -2.34. The van der Waals surface area contributed by atoms with E-state index in [1.54, 1.807) is 17.0 Å². The number of ether oxygens (including phenoxy) is 1. The smallest absolute Gasteiger partial charge is 0.229 e. The van der Waals surface area contributed by atoms with E-state index < -0.39 is 11.9 Å². The molecule has 2 aromatic carbocycles. The van der Waals surface area contributed by atoms with Crippen molar-refractivity contribution < 1.29 is 19.0 Å². The summed E-state index contributed by atoms with van der Waals surface area (Å²) in [4.78, 5) is 14.7. The Morgan fingerprint density at radius 2 is 1.96 bits per heavy atom. The molecule has 1 spiro atoms. The number of anilines is 1. The van der Waals surface area contributed by atoms with Gasteiger partial charge in [-0.2, -0.15) is 0 Å². The molecule has 1 atom stereocenters. The van der Waals surface area contributed by atoms with Gasteiger partial charge < -0.3 is 14.7 Å². The van der Waals surface area contributed by atoms with E-state index in [-0.39, 0.29) is 17.7 Å². The monoisotopic (exact) mass is 355 g/mol. The number of para-hydroxylation sites is 1. The van der Waals surface area contributed by atoms with Crippen molar-refractivity contribution in [1.82, 2.24) is 0 Å². The lowest BCUT2D eigenvalue weighted by molar-refractivity contribution is -0.120. The molecular formula is C21H22FNO3. The molecule has 1 saturated heterocycles. The molecule has 4 rings (SSSR count). The first kappa shape index (κ1) is 17.2. The molecule has 1 fully saturated rings. The van der Waals surface area contributed by atoms with Gasteiger partial charge in [-0.05, 0) is 42.2 Å². The van der Waals surface area contributed by atoms with E-state index in [1.165, 1.54) is 17.7 Å². The Labute approximate surface area is 152 Å². The van der Waals surface area contributed by atoms with Crippen LogP contribution in [0.25, 0.3) is 0 Å². The predicted octanol–water partition coefficient (Wildman–Crippen LogP) is 3.34. The molecule has 0 saturated carbocycles. The second kappa shape index (κ2) is 6.82. The van der Waals surface area contributed by atoms with Gasteiger partial charge in [-0.1, -0.05) is 30.3 Å². The van der Waals surface area contributed by atoms with E-state index >= 15 is 0 Å². The average Bonchev–Trinajstić information content (AvgIpc) is 2.97. The van der Waals surface area contributed by atoms with Crippen LogP contribution >= 0.6 is 0 Å². The summed E-state index contributed by atoms with van der Waals surface area (Å²) in [5.74, 6) is -0.556. The van der Waals surface area contributed by atoms with Crippen LogP contribution in [0.4, 0.5) is 10.1 Å². The molecule has 2 aromatic rings. The zero-order valence-corrected chi connectivity index (χ0v) is 14.5. The molecule has 2 aliphatic rings. The topological polar surface area (TPSA) is 49.8 Å². The van der Waals surface area contributed by atoms with Gasteiger partial charge in [0.2, 0.25) is 5.91 Å². The predicted molar refractivity (Wildman–Crippen MR) is 96.5 cm³/mol. The average molecular weight is 355 g/mol. The normalized spacial score (nSPS) is 19.4. The van der Waals surface area contributed by atoms with Crippen LogP contribution in [-0.4, -0.2) is 30.8 Å². The second-order valence-corrected chi connectivity index (χ2v) is 7.16. The summed E-state index contributed by atoms with van der Waals surface area (Å²) in [7, 11) is 0. The van der Waals surface area contributed by atoms with Crippen molar-refractivity contribution in [1.29, 1.82) is 0 Å². The summed E-state index contributed by atoms with van der Waals surface area (Å²) in [6, 6.07) is 13.8. The maximum absolute atomic E-state index is 13.4. The van der Waals surface area contributed by atoms with Crippen LogP contribution in [-0.2, 0) is 14.9 Å². The van der Waals surface area contributed by atoms with Gasteiger partial charge in [0.25, 0.3) is 0 Å². The Kier molecular flexibility index (Phi) is 4.51. The summed E-state index contributed by atoms with van der Waals surface area (Å²) in [6.45, 7) is 2.01. The molecule has 1 N–H and O–H groups in total. The number of benzene rings is 2. The van der Waals surface area contributed by atoms with Crippen LogP contribution in [0.1, 0.15) is 36.5 Å². The number of amides is 1. The highest BCUT2D eigenvalue weighted by molar-refractivity contribution is 5.96. The minimum absolute atomic E-state index is 0.0612. The highest BCUT2D eigenvalue weighted by Crippen LogP contribution is 2.46. The van der Waals surface area contributed by atoms with Gasteiger partial charge in [-0.25, -0.2) is 4.39 Å². The molecule has 136 valence electrons. The Balaban J connectivity index is 1.57. The second-order valence-electron chi connectivity index (χ2n) is 7.16. The largest absolute Gasteiger partial charge is 0.388 e. The molecule has 1 unspecified atom stereocenters. The van der Waals surface area contributed by atoms with Crippen LogP contribution in [0.3, 0.4) is 0 Å². The molecule has 0 radical (unpaired) electrons. The van der Waals surface area contributed by atoms with Crippen LogP contribution in [0.2, 0.25) is 0 Å². The third-order valence-corrected chi connectivity index (χ3v) is 5.58. The van der Waals surface area contributed by atoms with Crippen LogP contribution in [0.15, 0.2) is 48.5 Å². The minimum atomic E-state index is -1.02. The Morgan fingerprint density at radius 1 is 1.19 bits per heavy atom. The number of hydrogen-bond donors (Lipinski definition) is 1. The highest BCUT2D eigenvalue weighted by atomic mass is 19.1. The minimum Gasteiger partial charge on any atom is -0.388 e. The number of aliphatic hydroxyl groups is 1. The van der Waals surface area contributed by atoms with E-state index in [9.17, 15) is 14.3 Å². The fourth-order valence-corrected chi connectivity index (χ4v) is 4.15. The van der Waals surface area contributed by atoms with E-state index in [0.717, 1.165) is 18.5 Å². The van der Waals surface area contributed by atoms with E-state index in [4.69, 9.17) is 4.74 Å². The zero-order chi connectivity index (χ0) is 18.1. The summed E-state index contributed by atoms with van der Waals surface area (Å²) in [5.41, 5.74) is 2.48. The third kappa shape index (κ3) is 3.02. The lowest BCUT2D eigenvalue weighted by Crippen LogP contribution is -2.41. The standard InChI is InChI=1S/C21H22FNO3/c22-16-5-3-4-15(12-16)19(24)13-20(25)23-14-21(8-10-26-11-9-21)17-6-1-2-7-18(17)23/h1-7,12,19,24H,8-11,13-14H2. The zero-order valence-electron chi connectivity index (χ0n) is 14.5. The van der Waals surface area contributed by atoms with Gasteiger partial charge >= 0.3 is 0 Å². The quantitative estimate of drug-likeness (QED) is 0.919. The van der Waals surface area contributed by atoms with Crippen molar-refractivity contribution in [3.8, 4) is 0 Å². The van der Waals surface area contributed by atoms with Gasteiger partial charge in [-0.3, -0.25) is 4.79 Å². The van der Waals surface area contributed by atoms with E-state index in [0.29, 0.717) is 25.3 Å². The molecule has 5 heteroatoms. The van der Waals surface area contributed by atoms with Gasteiger partial charge in [0.05, 0.1) is 12.5 Å². The summed E-state index contributed by atoms with van der Waals surface area (Å²) < 4.78 is 18.9. The molecule has 0 aliphatic carbocycles. The number of nitrogens with zero attached hydrogens (tertiary/aromatic N) is 1. The fraction of sp³-hybridized carbons (Fsp3) is 0.381. The van der Waals surface area contributed by atoms with Crippen molar-refractivity contribution in [2.45, 2.75) is 30.8 Å². The maximum atomic E-state index is 13.4. The van der Waals surface area contributed by atoms with Gasteiger partial charge in [0.1, 0.15) is 5.82 Å². The number of aliphatic hydroxyl groups excluding tert-OH is 1. The number of hydrogen-bond acceptors (Lipinski definition) is 3. The Morgan fingerprint density at radius 3 is 2.73 bits per heavy atom. The van der Waals surface area contributed by atoms with Crippen LogP contribution < -0.4 is 4.90 Å². The molecule has 0 aromatic heterocycles. The van der Waals surface area contributed by atoms with Crippen molar-refractivity contribution in [3.05, 3.63) is 65.5 Å². The van der Waals surface area contributed by atoms with Gasteiger partial charge in [-0.15, -0.1) is 0 Å². The molecule has 26 heavy (non-hydrogen) atoms. The number of rotatable bonds is 3. The number of fused-ring (bicyclic) bond motifs is 2. The molecule has 1 amide bonds. The van der Waals surface area contributed by atoms with Crippen molar-refractivity contribution >= 4 is 11.6 Å². The van der Waals surface area contributed by atoms with Crippen LogP contribution in [0.5, 0.6) is 0 Å². The molecule has 4 nitrogen and oxygen atoms in total. The van der Waals surface area contributed by atoms with E-state index in [2.05, 4.69) is 6.07 Å². The van der Waals surface area contributed by atoms with Gasteiger partial charge in [0.15, 0.2) is 0 Å². The first-order valence-corrected chi connectivity index (χ1v) is 9.00. The fourth-order valence-electron chi connectivity index (χ4n) is 4.15. The summed E-state index contributed by atoms with van der Waals surface area (Å²) in [6.07, 6.45) is 0.696. The third-order valence-electron chi connectivity index (χ3n) is 5.58. The number of carbonyl (C=O) groups is 1. The first-order chi connectivity index (χ1) is 12.6. The number of carbonyl (C=O) groups excluding carboxylic acids is 1. The van der Waals surface area contributed by atoms with Gasteiger partial charge in [0, 0.05) is 30.9 Å². The van der Waals surface area contributed by atoms with Crippen LogP contribution in [0, 0.1) is 5.82 Å². The molecular weight excluding hydrogens is 333 g/mol.